The molecule has 0 nitrogen and oxygen atoms in total. The maximum atomic E-state index is 6.02. The average molecular weight is 324 g/mol. The molecule has 2 aromatic rings. The van der Waals surface area contributed by atoms with Gasteiger partial charge in [-0.15, -0.1) is 0 Å². The van der Waals surface area contributed by atoms with Gasteiger partial charge >= 0.3 is 0 Å². The van der Waals surface area contributed by atoms with Gasteiger partial charge in [0.1, 0.15) is 0 Å². The third-order valence-corrected chi connectivity index (χ3v) is 4.34. The van der Waals surface area contributed by atoms with Crippen LogP contribution in [-0.4, -0.2) is 0 Å². The molecule has 0 aromatic heterocycles. The Balaban J connectivity index is 2.22. The van der Waals surface area contributed by atoms with Crippen molar-refractivity contribution in [3.05, 3.63) is 69.7 Å². The fourth-order valence-electron chi connectivity index (χ4n) is 2.09. The molecule has 1 atom stereocenters. The second kappa shape index (κ2) is 5.90. The first kappa shape index (κ1) is 13.6. The number of hydrogen-bond donors (Lipinski definition) is 0. The van der Waals surface area contributed by atoms with Crippen molar-refractivity contribution in [2.75, 3.05) is 0 Å². The number of aryl methyl sites for hydroxylation is 1. The zero-order chi connectivity index (χ0) is 13.1. The summed E-state index contributed by atoms with van der Waals surface area (Å²) in [5.41, 5.74) is 5.31. The molecule has 0 bridgehead atoms. The number of benzene rings is 2. The molecule has 0 fully saturated rings. The molecule has 0 saturated carbocycles. The second-order valence-corrected chi connectivity index (χ2v) is 6.13. The minimum atomic E-state index is 0.330. The van der Waals surface area contributed by atoms with E-state index in [9.17, 15) is 0 Å². The monoisotopic (exact) mass is 322 g/mol. The first-order valence-electron chi connectivity index (χ1n) is 6.02. The van der Waals surface area contributed by atoms with Crippen LogP contribution in [0, 0.1) is 13.8 Å². The Labute approximate surface area is 122 Å². The molecule has 94 valence electrons. The summed E-state index contributed by atoms with van der Waals surface area (Å²) in [4.78, 5) is 0.330. The molecule has 2 aromatic carbocycles. The summed E-state index contributed by atoms with van der Waals surface area (Å²) < 4.78 is 0. The lowest BCUT2D eigenvalue weighted by Crippen LogP contribution is -1.99. The summed E-state index contributed by atoms with van der Waals surface area (Å²) in [5.74, 6) is 0. The maximum absolute atomic E-state index is 6.02. The van der Waals surface area contributed by atoms with E-state index in [1.807, 2.05) is 18.2 Å². The highest BCUT2D eigenvalue weighted by atomic mass is 79.9. The van der Waals surface area contributed by atoms with Gasteiger partial charge in [0.05, 0.1) is 0 Å². The first-order valence-corrected chi connectivity index (χ1v) is 7.32. The summed E-state index contributed by atoms with van der Waals surface area (Å²) in [6.45, 7) is 4.33. The molecule has 0 aliphatic carbocycles. The molecule has 0 saturated heterocycles. The Hall–Kier alpha value is -0.790. The number of rotatable bonds is 3. The van der Waals surface area contributed by atoms with Crippen LogP contribution in [0.5, 0.6) is 0 Å². The molecule has 2 rings (SSSR count). The van der Waals surface area contributed by atoms with E-state index in [-0.39, 0.29) is 0 Å². The van der Waals surface area contributed by atoms with Crippen molar-refractivity contribution in [1.82, 2.24) is 0 Å². The van der Waals surface area contributed by atoms with Crippen LogP contribution in [0.1, 0.15) is 27.1 Å². The van der Waals surface area contributed by atoms with Gasteiger partial charge in [0, 0.05) is 9.85 Å². The predicted octanol–water partition coefficient (Wildman–Crippen LogP) is 5.64. The zero-order valence-corrected chi connectivity index (χ0v) is 12.9. The smallest absolute Gasteiger partial charge is 0.0438 e. The van der Waals surface area contributed by atoms with Gasteiger partial charge in [-0.3, -0.25) is 0 Å². The molecule has 0 spiro atoms. The van der Waals surface area contributed by atoms with E-state index in [2.05, 4.69) is 54.0 Å². The molecular weight excluding hydrogens is 308 g/mol. The van der Waals surface area contributed by atoms with E-state index in [1.54, 1.807) is 0 Å². The van der Waals surface area contributed by atoms with Gasteiger partial charge in [0.25, 0.3) is 0 Å². The minimum Gasteiger partial charge on any atom is -0.0843 e. The number of alkyl halides is 1. The molecule has 1 unspecified atom stereocenters. The lowest BCUT2D eigenvalue weighted by Gasteiger charge is -2.15. The predicted molar refractivity (Wildman–Crippen MR) is 82.7 cm³/mol. The molecule has 0 N–H and O–H groups in total. The highest BCUT2D eigenvalue weighted by Gasteiger charge is 2.12. The van der Waals surface area contributed by atoms with E-state index in [1.165, 1.54) is 22.3 Å². The molecule has 0 amide bonds. The Bertz CT molecular complexity index is 549. The number of hydrogen-bond acceptors (Lipinski definition) is 0. The fraction of sp³-hybridized carbons (Fsp3) is 0.250. The van der Waals surface area contributed by atoms with Crippen molar-refractivity contribution in [1.29, 1.82) is 0 Å². The zero-order valence-electron chi connectivity index (χ0n) is 10.6. The third-order valence-electron chi connectivity index (χ3n) is 3.29. The van der Waals surface area contributed by atoms with E-state index in [0.29, 0.717) is 4.83 Å². The molecule has 0 aliphatic heterocycles. The lowest BCUT2D eigenvalue weighted by molar-refractivity contribution is 0.935. The van der Waals surface area contributed by atoms with Crippen LogP contribution in [0.3, 0.4) is 0 Å². The minimum absolute atomic E-state index is 0.330. The van der Waals surface area contributed by atoms with Gasteiger partial charge in [0.15, 0.2) is 0 Å². The average Bonchev–Trinajstić information content (AvgIpc) is 2.32. The van der Waals surface area contributed by atoms with E-state index in [4.69, 9.17) is 11.6 Å². The summed E-state index contributed by atoms with van der Waals surface area (Å²) in [7, 11) is 0. The summed E-state index contributed by atoms with van der Waals surface area (Å²) in [5, 5.41) is 0.799. The van der Waals surface area contributed by atoms with Crippen LogP contribution in [0.15, 0.2) is 42.5 Å². The largest absolute Gasteiger partial charge is 0.0843 e. The molecule has 0 heterocycles. The van der Waals surface area contributed by atoms with Crippen LogP contribution in [0.25, 0.3) is 0 Å². The second-order valence-electron chi connectivity index (χ2n) is 4.59. The summed E-state index contributed by atoms with van der Waals surface area (Å²) in [6.07, 6.45) is 0.949. The molecule has 0 radical (unpaired) electrons. The Morgan fingerprint density at radius 2 is 1.83 bits per heavy atom. The van der Waals surface area contributed by atoms with E-state index >= 15 is 0 Å². The fourth-order valence-corrected chi connectivity index (χ4v) is 3.18. The van der Waals surface area contributed by atoms with Crippen molar-refractivity contribution >= 4 is 27.5 Å². The van der Waals surface area contributed by atoms with Crippen molar-refractivity contribution < 1.29 is 0 Å². The Morgan fingerprint density at radius 1 is 1.11 bits per heavy atom. The quantitative estimate of drug-likeness (QED) is 0.642. The topological polar surface area (TPSA) is 0 Å². The third kappa shape index (κ3) is 3.15. The van der Waals surface area contributed by atoms with E-state index < -0.39 is 0 Å². The van der Waals surface area contributed by atoms with Crippen molar-refractivity contribution in [3.8, 4) is 0 Å². The highest BCUT2D eigenvalue weighted by Crippen LogP contribution is 2.31. The van der Waals surface area contributed by atoms with Crippen LogP contribution in [-0.2, 0) is 6.42 Å². The van der Waals surface area contributed by atoms with Gasteiger partial charge in [-0.1, -0.05) is 57.9 Å². The summed E-state index contributed by atoms with van der Waals surface area (Å²) >= 11 is 9.80. The molecule has 0 aliphatic rings. The van der Waals surface area contributed by atoms with Gasteiger partial charge in [-0.05, 0) is 54.7 Å². The lowest BCUT2D eigenvalue weighted by atomic mass is 9.97. The molecular formula is C16H16BrCl. The van der Waals surface area contributed by atoms with Crippen molar-refractivity contribution in [2.24, 2.45) is 0 Å². The van der Waals surface area contributed by atoms with Gasteiger partial charge in [0.2, 0.25) is 0 Å². The standard InChI is InChI=1S/C16H16BrCl/c1-11-5-3-8-15(12(11)2)16(17)10-13-6-4-7-14(18)9-13/h3-9,16H,10H2,1-2H3. The normalized spacial score (nSPS) is 12.4. The molecule has 18 heavy (non-hydrogen) atoms. The van der Waals surface area contributed by atoms with Crippen LogP contribution in [0.2, 0.25) is 5.02 Å². The SMILES string of the molecule is Cc1cccc(C(Br)Cc2cccc(Cl)c2)c1C. The highest BCUT2D eigenvalue weighted by molar-refractivity contribution is 9.09. The van der Waals surface area contributed by atoms with Crippen LogP contribution >= 0.6 is 27.5 Å². The van der Waals surface area contributed by atoms with Gasteiger partial charge < -0.3 is 0 Å². The number of halogens is 2. The van der Waals surface area contributed by atoms with E-state index in [0.717, 1.165) is 11.4 Å². The van der Waals surface area contributed by atoms with Crippen molar-refractivity contribution in [3.63, 3.8) is 0 Å². The Kier molecular flexibility index (Phi) is 4.47. The Morgan fingerprint density at radius 3 is 2.56 bits per heavy atom. The van der Waals surface area contributed by atoms with Gasteiger partial charge in [-0.2, -0.15) is 0 Å². The maximum Gasteiger partial charge on any atom is 0.0438 e. The van der Waals surface area contributed by atoms with Crippen molar-refractivity contribution in [2.45, 2.75) is 25.1 Å². The molecule has 2 heteroatoms. The van der Waals surface area contributed by atoms with Gasteiger partial charge in [-0.25, -0.2) is 0 Å². The first-order chi connectivity index (χ1) is 8.58. The van der Waals surface area contributed by atoms with Crippen LogP contribution in [0.4, 0.5) is 0 Å². The summed E-state index contributed by atoms with van der Waals surface area (Å²) in [6, 6.07) is 14.5. The van der Waals surface area contributed by atoms with Crippen LogP contribution < -0.4 is 0 Å².